The number of hydrogen-bond donors (Lipinski definition) is 2. The highest BCUT2D eigenvalue weighted by Gasteiger charge is 1.99. The number of ether oxygens (including phenoxy) is 1. The maximum atomic E-state index is 11.0. The molecule has 0 unspecified atom stereocenters. The summed E-state index contributed by atoms with van der Waals surface area (Å²) in [7, 11) is 0. The maximum absolute atomic E-state index is 11.0. The predicted molar refractivity (Wildman–Crippen MR) is 57.5 cm³/mol. The van der Waals surface area contributed by atoms with Crippen molar-refractivity contribution in [3.05, 3.63) is 12.7 Å². The summed E-state index contributed by atoms with van der Waals surface area (Å²) in [6.07, 6.45) is 3.08. The highest BCUT2D eigenvalue weighted by atomic mass is 16.5. The quantitative estimate of drug-likeness (QED) is 0.374. The zero-order valence-electron chi connectivity index (χ0n) is 9.04. The molecule has 0 spiro atoms. The summed E-state index contributed by atoms with van der Waals surface area (Å²) >= 11 is 0. The van der Waals surface area contributed by atoms with E-state index in [-0.39, 0.29) is 12.6 Å². The highest BCUT2D eigenvalue weighted by Crippen LogP contribution is 1.82. The van der Waals surface area contributed by atoms with Gasteiger partial charge < -0.3 is 15.4 Å². The molecule has 0 aliphatic heterocycles. The number of hydrogen-bond acceptors (Lipinski definition) is 3. The van der Waals surface area contributed by atoms with Gasteiger partial charge in [-0.1, -0.05) is 19.9 Å². The molecular formula is C10H18N2O3. The van der Waals surface area contributed by atoms with Gasteiger partial charge in [0.15, 0.2) is 0 Å². The van der Waals surface area contributed by atoms with Crippen LogP contribution in [0.3, 0.4) is 0 Å². The Morgan fingerprint density at radius 2 is 2.00 bits per heavy atom. The first-order chi connectivity index (χ1) is 7.20. The Balaban J connectivity index is 3.31. The van der Waals surface area contributed by atoms with Crippen molar-refractivity contribution in [2.45, 2.75) is 19.8 Å². The average molecular weight is 214 g/mol. The molecule has 0 fully saturated rings. The zero-order valence-corrected chi connectivity index (χ0v) is 9.04. The molecule has 0 heterocycles. The molecule has 0 bridgehead atoms. The molecule has 5 heteroatoms. The van der Waals surface area contributed by atoms with Gasteiger partial charge in [0.1, 0.15) is 6.61 Å². The van der Waals surface area contributed by atoms with E-state index in [2.05, 4.69) is 21.9 Å². The topological polar surface area (TPSA) is 67.4 Å². The largest absolute Gasteiger partial charge is 0.461 e. The first-order valence-corrected chi connectivity index (χ1v) is 5.01. The van der Waals surface area contributed by atoms with Crippen molar-refractivity contribution in [2.75, 3.05) is 19.7 Å². The molecular weight excluding hydrogens is 196 g/mol. The monoisotopic (exact) mass is 214 g/mol. The molecule has 0 aromatic carbocycles. The van der Waals surface area contributed by atoms with Gasteiger partial charge >= 0.3 is 12.0 Å². The summed E-state index contributed by atoms with van der Waals surface area (Å²) in [6, 6.07) is -0.238. The Hall–Kier alpha value is -1.52. The van der Waals surface area contributed by atoms with E-state index in [1.165, 1.54) is 0 Å². The Labute approximate surface area is 89.9 Å². The van der Waals surface area contributed by atoms with Crippen molar-refractivity contribution in [3.8, 4) is 0 Å². The molecule has 0 aromatic heterocycles. The van der Waals surface area contributed by atoms with Gasteiger partial charge in [-0.15, -0.1) is 0 Å². The summed E-state index contributed by atoms with van der Waals surface area (Å²) < 4.78 is 4.67. The minimum atomic E-state index is -0.483. The highest BCUT2D eigenvalue weighted by molar-refractivity contribution is 5.81. The van der Waals surface area contributed by atoms with Gasteiger partial charge in [-0.05, 0) is 6.42 Å². The number of unbranched alkanes of at least 4 members (excludes halogenated alkanes) is 1. The summed E-state index contributed by atoms with van der Waals surface area (Å²) in [5.41, 5.74) is 0. The normalized spacial score (nSPS) is 9.13. The van der Waals surface area contributed by atoms with Gasteiger partial charge in [-0.25, -0.2) is 9.59 Å². The average Bonchev–Trinajstić information content (AvgIpc) is 2.24. The van der Waals surface area contributed by atoms with E-state index in [0.717, 1.165) is 18.9 Å². The number of esters is 1. The molecule has 86 valence electrons. The van der Waals surface area contributed by atoms with Gasteiger partial charge in [0, 0.05) is 12.6 Å². The smallest absolute Gasteiger partial charge is 0.330 e. The van der Waals surface area contributed by atoms with Gasteiger partial charge in [0.2, 0.25) is 0 Å². The molecule has 0 saturated heterocycles. The van der Waals surface area contributed by atoms with Gasteiger partial charge in [0.25, 0.3) is 0 Å². The molecule has 5 nitrogen and oxygen atoms in total. The van der Waals surface area contributed by atoms with Crippen molar-refractivity contribution < 1.29 is 14.3 Å². The molecule has 0 aliphatic carbocycles. The van der Waals surface area contributed by atoms with E-state index in [1.807, 2.05) is 6.92 Å². The standard InChI is InChI=1S/C10H18N2O3/c1-3-5-6-11-10(14)12-7-8-15-9(13)4-2/h4H,2-3,5-8H2,1H3,(H2,11,12,14). The Bertz CT molecular complexity index is 217. The van der Waals surface area contributed by atoms with Crippen LogP contribution in [0, 0.1) is 0 Å². The molecule has 0 aromatic rings. The lowest BCUT2D eigenvalue weighted by molar-refractivity contribution is -0.137. The second-order valence-corrected chi connectivity index (χ2v) is 2.91. The second-order valence-electron chi connectivity index (χ2n) is 2.91. The lowest BCUT2D eigenvalue weighted by atomic mass is 10.3. The molecule has 0 saturated carbocycles. The van der Waals surface area contributed by atoms with E-state index >= 15 is 0 Å². The van der Waals surface area contributed by atoms with E-state index < -0.39 is 5.97 Å². The number of nitrogens with one attached hydrogen (secondary N) is 2. The first kappa shape index (κ1) is 13.5. The molecule has 0 radical (unpaired) electrons. The van der Waals surface area contributed by atoms with E-state index in [0.29, 0.717) is 13.1 Å². The van der Waals surface area contributed by atoms with Crippen LogP contribution >= 0.6 is 0 Å². The number of amides is 2. The number of carbonyl (C=O) groups is 2. The van der Waals surface area contributed by atoms with Gasteiger partial charge in [-0.2, -0.15) is 0 Å². The van der Waals surface area contributed by atoms with Crippen LogP contribution in [-0.2, 0) is 9.53 Å². The van der Waals surface area contributed by atoms with E-state index in [1.54, 1.807) is 0 Å². The van der Waals surface area contributed by atoms with Crippen molar-refractivity contribution in [3.63, 3.8) is 0 Å². The van der Waals surface area contributed by atoms with Crippen molar-refractivity contribution in [2.24, 2.45) is 0 Å². The number of rotatable bonds is 7. The third kappa shape index (κ3) is 8.80. The van der Waals surface area contributed by atoms with Crippen LogP contribution in [0.5, 0.6) is 0 Å². The van der Waals surface area contributed by atoms with Crippen molar-refractivity contribution in [1.29, 1.82) is 0 Å². The lowest BCUT2D eigenvalue weighted by Crippen LogP contribution is -2.37. The second kappa shape index (κ2) is 9.05. The minimum Gasteiger partial charge on any atom is -0.461 e. The molecule has 0 rings (SSSR count). The number of urea groups is 1. The molecule has 2 amide bonds. The van der Waals surface area contributed by atoms with Crippen LogP contribution < -0.4 is 10.6 Å². The fraction of sp³-hybridized carbons (Fsp3) is 0.600. The first-order valence-electron chi connectivity index (χ1n) is 5.01. The predicted octanol–water partition coefficient (Wildman–Crippen LogP) is 0.815. The molecule has 2 N–H and O–H groups in total. The fourth-order valence-electron chi connectivity index (χ4n) is 0.816. The minimum absolute atomic E-state index is 0.159. The van der Waals surface area contributed by atoms with Crippen LogP contribution in [-0.4, -0.2) is 31.7 Å². The Morgan fingerprint density at radius 1 is 1.33 bits per heavy atom. The fourth-order valence-corrected chi connectivity index (χ4v) is 0.816. The third-order valence-electron chi connectivity index (χ3n) is 1.61. The van der Waals surface area contributed by atoms with Crippen LogP contribution in [0.15, 0.2) is 12.7 Å². The van der Waals surface area contributed by atoms with Gasteiger partial charge in [-0.3, -0.25) is 0 Å². The SMILES string of the molecule is C=CC(=O)OCCNC(=O)NCCCC. The number of carbonyl (C=O) groups excluding carboxylic acids is 2. The van der Waals surface area contributed by atoms with Crippen LogP contribution in [0.1, 0.15) is 19.8 Å². The summed E-state index contributed by atoms with van der Waals surface area (Å²) in [5, 5.41) is 5.23. The zero-order chi connectivity index (χ0) is 11.5. The third-order valence-corrected chi connectivity index (χ3v) is 1.61. The van der Waals surface area contributed by atoms with Crippen LogP contribution in [0.25, 0.3) is 0 Å². The maximum Gasteiger partial charge on any atom is 0.330 e. The van der Waals surface area contributed by atoms with E-state index in [9.17, 15) is 9.59 Å². The summed E-state index contributed by atoms with van der Waals surface area (Å²) in [6.45, 7) is 6.42. The summed E-state index contributed by atoms with van der Waals surface area (Å²) in [5.74, 6) is -0.483. The van der Waals surface area contributed by atoms with Crippen molar-refractivity contribution in [1.82, 2.24) is 10.6 Å². The lowest BCUT2D eigenvalue weighted by Gasteiger charge is -2.06. The molecule has 0 atom stereocenters. The van der Waals surface area contributed by atoms with Crippen LogP contribution in [0.4, 0.5) is 4.79 Å². The Kier molecular flexibility index (Phi) is 8.13. The molecule has 0 aliphatic rings. The molecule has 15 heavy (non-hydrogen) atoms. The Morgan fingerprint density at radius 3 is 2.60 bits per heavy atom. The van der Waals surface area contributed by atoms with Gasteiger partial charge in [0.05, 0.1) is 6.54 Å². The van der Waals surface area contributed by atoms with Crippen LogP contribution in [0.2, 0.25) is 0 Å². The summed E-state index contributed by atoms with van der Waals surface area (Å²) in [4.78, 5) is 21.6. The van der Waals surface area contributed by atoms with Crippen molar-refractivity contribution >= 4 is 12.0 Å². The van der Waals surface area contributed by atoms with E-state index in [4.69, 9.17) is 0 Å².